The Bertz CT molecular complexity index is 964. The molecule has 4 rings (SSSR count). The first-order valence-corrected chi connectivity index (χ1v) is 11.9. The molecule has 0 saturated heterocycles. The standard InChI is InChI=1S/C15H12BrN5OS4/c16-9-6-11(24-7-9)13-18-12(22-21-13)8-25-15-20-19-14(26-15)17-4-3-10-2-1-5-23-10/h1-2,5-7H,3-4,8H2,(H,17,19). The van der Waals surface area contributed by atoms with E-state index < -0.39 is 0 Å². The van der Waals surface area contributed by atoms with Gasteiger partial charge in [-0.05, 0) is 39.9 Å². The predicted molar refractivity (Wildman–Crippen MR) is 111 cm³/mol. The molecule has 0 fully saturated rings. The van der Waals surface area contributed by atoms with Crippen molar-refractivity contribution in [3.05, 3.63) is 44.2 Å². The number of hydrogen-bond donors (Lipinski definition) is 1. The molecule has 1 N–H and O–H groups in total. The normalized spacial score (nSPS) is 11.1. The van der Waals surface area contributed by atoms with Gasteiger partial charge in [0.15, 0.2) is 4.34 Å². The number of rotatable bonds is 8. The molecule has 0 amide bonds. The zero-order valence-corrected chi connectivity index (χ0v) is 18.1. The number of anilines is 1. The third-order valence-corrected chi connectivity index (χ3v) is 7.83. The van der Waals surface area contributed by atoms with Gasteiger partial charge in [-0.25, -0.2) is 0 Å². The predicted octanol–water partition coefficient (Wildman–Crippen LogP) is 5.42. The van der Waals surface area contributed by atoms with Crippen molar-refractivity contribution in [2.45, 2.75) is 16.5 Å². The maximum absolute atomic E-state index is 5.31. The molecule has 0 bridgehead atoms. The summed E-state index contributed by atoms with van der Waals surface area (Å²) in [6.07, 6.45) is 0.989. The zero-order valence-electron chi connectivity index (χ0n) is 13.2. The summed E-state index contributed by atoms with van der Waals surface area (Å²) in [5.74, 6) is 1.77. The van der Waals surface area contributed by atoms with E-state index in [0.717, 1.165) is 31.8 Å². The van der Waals surface area contributed by atoms with Gasteiger partial charge in [-0.15, -0.1) is 32.9 Å². The third-order valence-electron chi connectivity index (χ3n) is 3.21. The number of thioether (sulfide) groups is 1. The van der Waals surface area contributed by atoms with E-state index in [9.17, 15) is 0 Å². The Kier molecular flexibility index (Phi) is 6.00. The molecule has 0 unspecified atom stereocenters. The Morgan fingerprint density at radius 3 is 3.04 bits per heavy atom. The van der Waals surface area contributed by atoms with Crippen molar-refractivity contribution in [3.8, 4) is 10.7 Å². The fraction of sp³-hybridized carbons (Fsp3) is 0.200. The molecule has 26 heavy (non-hydrogen) atoms. The molecule has 4 aromatic heterocycles. The summed E-state index contributed by atoms with van der Waals surface area (Å²) in [5, 5.41) is 20.6. The number of thiophene rings is 2. The summed E-state index contributed by atoms with van der Waals surface area (Å²) < 4.78 is 7.21. The number of hydrogen-bond acceptors (Lipinski definition) is 10. The smallest absolute Gasteiger partial charge is 0.237 e. The minimum Gasteiger partial charge on any atom is -0.360 e. The molecule has 0 saturated carbocycles. The van der Waals surface area contributed by atoms with Gasteiger partial charge < -0.3 is 9.84 Å². The molecule has 11 heteroatoms. The van der Waals surface area contributed by atoms with Crippen molar-refractivity contribution >= 4 is 66.8 Å². The molecular weight excluding hydrogens is 474 g/mol. The van der Waals surface area contributed by atoms with Crippen LogP contribution in [0.15, 0.2) is 42.3 Å². The van der Waals surface area contributed by atoms with Crippen LogP contribution < -0.4 is 5.32 Å². The van der Waals surface area contributed by atoms with Gasteiger partial charge in [0.25, 0.3) is 0 Å². The SMILES string of the molecule is Brc1csc(-c2noc(CSc3nnc(NCCc4cccs4)s3)n2)c1. The highest BCUT2D eigenvalue weighted by Crippen LogP contribution is 2.30. The lowest BCUT2D eigenvalue weighted by atomic mass is 10.3. The van der Waals surface area contributed by atoms with E-state index in [4.69, 9.17) is 4.52 Å². The quantitative estimate of drug-likeness (QED) is 0.333. The monoisotopic (exact) mass is 485 g/mol. The van der Waals surface area contributed by atoms with Gasteiger partial charge in [-0.1, -0.05) is 34.3 Å². The first-order valence-electron chi connectivity index (χ1n) is 7.56. The van der Waals surface area contributed by atoms with Crippen LogP contribution in [-0.4, -0.2) is 26.9 Å². The van der Waals surface area contributed by atoms with Gasteiger partial charge in [0.2, 0.25) is 16.8 Å². The summed E-state index contributed by atoms with van der Waals surface area (Å²) in [6, 6.07) is 6.19. The Balaban J connectivity index is 1.27. The van der Waals surface area contributed by atoms with Gasteiger partial charge in [-0.2, -0.15) is 4.98 Å². The zero-order chi connectivity index (χ0) is 17.8. The lowest BCUT2D eigenvalue weighted by Crippen LogP contribution is -2.03. The van der Waals surface area contributed by atoms with Crippen LogP contribution in [0.3, 0.4) is 0 Å². The van der Waals surface area contributed by atoms with Crippen LogP contribution >= 0.6 is 61.7 Å². The number of nitrogens with one attached hydrogen (secondary N) is 1. The molecule has 4 heterocycles. The minimum absolute atomic E-state index is 0.573. The first kappa shape index (κ1) is 18.1. The maximum Gasteiger partial charge on any atom is 0.237 e. The molecule has 0 radical (unpaired) electrons. The Morgan fingerprint density at radius 1 is 1.27 bits per heavy atom. The van der Waals surface area contributed by atoms with E-state index in [0.29, 0.717) is 17.5 Å². The summed E-state index contributed by atoms with van der Waals surface area (Å²) in [6.45, 7) is 0.850. The Hall–Kier alpha value is -1.27. The second-order valence-corrected chi connectivity index (χ2v) is 10.1. The van der Waals surface area contributed by atoms with Crippen LogP contribution in [0, 0.1) is 0 Å². The summed E-state index contributed by atoms with van der Waals surface area (Å²) in [4.78, 5) is 6.77. The molecule has 0 spiro atoms. The molecule has 6 nitrogen and oxygen atoms in total. The molecular formula is C15H12BrN5OS4. The van der Waals surface area contributed by atoms with Crippen molar-refractivity contribution in [1.29, 1.82) is 0 Å². The summed E-state index contributed by atoms with van der Waals surface area (Å²) in [7, 11) is 0. The van der Waals surface area contributed by atoms with Crippen molar-refractivity contribution in [1.82, 2.24) is 20.3 Å². The van der Waals surface area contributed by atoms with Crippen LogP contribution in [0.4, 0.5) is 5.13 Å². The topological polar surface area (TPSA) is 76.7 Å². The fourth-order valence-electron chi connectivity index (χ4n) is 2.05. The molecule has 0 aliphatic rings. The second-order valence-electron chi connectivity index (χ2n) is 5.06. The second kappa shape index (κ2) is 8.61. The highest BCUT2D eigenvalue weighted by molar-refractivity contribution is 9.10. The molecule has 0 aliphatic heterocycles. The van der Waals surface area contributed by atoms with E-state index in [1.807, 2.05) is 11.4 Å². The van der Waals surface area contributed by atoms with Gasteiger partial charge in [0, 0.05) is 21.3 Å². The van der Waals surface area contributed by atoms with Crippen LogP contribution in [0.5, 0.6) is 0 Å². The van der Waals surface area contributed by atoms with E-state index in [2.05, 4.69) is 59.1 Å². The molecule has 134 valence electrons. The molecule has 0 atom stereocenters. The number of nitrogens with zero attached hydrogens (tertiary/aromatic N) is 4. The van der Waals surface area contributed by atoms with Gasteiger partial charge >= 0.3 is 0 Å². The lowest BCUT2D eigenvalue weighted by Gasteiger charge is -1.98. The average molecular weight is 486 g/mol. The van der Waals surface area contributed by atoms with Gasteiger partial charge in [0.1, 0.15) is 0 Å². The highest BCUT2D eigenvalue weighted by Gasteiger charge is 2.12. The van der Waals surface area contributed by atoms with Crippen LogP contribution in [-0.2, 0) is 12.2 Å². The molecule has 0 aromatic carbocycles. The summed E-state index contributed by atoms with van der Waals surface area (Å²) in [5.41, 5.74) is 0. The Labute approximate surface area is 174 Å². The minimum atomic E-state index is 0.573. The van der Waals surface area contributed by atoms with Crippen molar-refractivity contribution in [3.63, 3.8) is 0 Å². The van der Waals surface area contributed by atoms with E-state index in [1.165, 1.54) is 16.2 Å². The number of halogens is 1. The fourth-order valence-corrected chi connectivity index (χ4v) is 5.73. The maximum atomic E-state index is 5.31. The van der Waals surface area contributed by atoms with Gasteiger partial charge in [0.05, 0.1) is 10.6 Å². The van der Waals surface area contributed by atoms with Crippen molar-refractivity contribution < 1.29 is 4.52 Å². The lowest BCUT2D eigenvalue weighted by molar-refractivity contribution is 0.392. The largest absolute Gasteiger partial charge is 0.360 e. The van der Waals surface area contributed by atoms with Crippen molar-refractivity contribution in [2.24, 2.45) is 0 Å². The third kappa shape index (κ3) is 4.71. The van der Waals surface area contributed by atoms with Gasteiger partial charge in [-0.3, -0.25) is 0 Å². The van der Waals surface area contributed by atoms with Crippen LogP contribution in [0.25, 0.3) is 10.7 Å². The van der Waals surface area contributed by atoms with E-state index >= 15 is 0 Å². The number of aromatic nitrogens is 4. The molecule has 4 aromatic rings. The first-order chi connectivity index (χ1) is 12.8. The average Bonchev–Trinajstić information content (AvgIpc) is 3.41. The van der Waals surface area contributed by atoms with Crippen molar-refractivity contribution in [2.75, 3.05) is 11.9 Å². The van der Waals surface area contributed by atoms with Crippen LogP contribution in [0.2, 0.25) is 0 Å². The van der Waals surface area contributed by atoms with Crippen LogP contribution in [0.1, 0.15) is 10.8 Å². The molecule has 0 aliphatic carbocycles. The van der Waals surface area contributed by atoms with E-state index in [1.54, 1.807) is 34.4 Å². The highest BCUT2D eigenvalue weighted by atomic mass is 79.9. The van der Waals surface area contributed by atoms with E-state index in [-0.39, 0.29) is 0 Å². The summed E-state index contributed by atoms with van der Waals surface area (Å²) >= 11 is 9.85. The Morgan fingerprint density at radius 2 is 2.23 bits per heavy atom.